The lowest BCUT2D eigenvalue weighted by Gasteiger charge is -2.14. The van der Waals surface area contributed by atoms with Gasteiger partial charge >= 0.3 is 0 Å². The van der Waals surface area contributed by atoms with E-state index in [9.17, 15) is 0 Å². The summed E-state index contributed by atoms with van der Waals surface area (Å²) in [4.78, 5) is 8.78. The second kappa shape index (κ2) is 5.72. The third-order valence-electron chi connectivity index (χ3n) is 4.11. The van der Waals surface area contributed by atoms with Crippen LogP contribution in [-0.2, 0) is 12.8 Å². The molecule has 0 unspecified atom stereocenters. The summed E-state index contributed by atoms with van der Waals surface area (Å²) in [6.07, 6.45) is 7.25. The average Bonchev–Trinajstić information content (AvgIpc) is 2.71. The predicted octanol–water partition coefficient (Wildman–Crippen LogP) is 3.74. The van der Waals surface area contributed by atoms with Gasteiger partial charge in [0.15, 0.2) is 0 Å². The lowest BCUT2D eigenvalue weighted by Crippen LogP contribution is -2.02. The van der Waals surface area contributed by atoms with Crippen LogP contribution in [0, 0.1) is 13.8 Å². The number of aromatic nitrogens is 2. The second-order valence-corrected chi connectivity index (χ2v) is 5.74. The first-order chi connectivity index (χ1) is 10.1. The minimum absolute atomic E-state index is 0.703. The smallest absolute Gasteiger partial charge is 0.225 e. The third-order valence-corrected chi connectivity index (χ3v) is 4.11. The van der Waals surface area contributed by atoms with E-state index in [2.05, 4.69) is 9.97 Å². The Balaban J connectivity index is 1.97. The molecule has 0 amide bonds. The van der Waals surface area contributed by atoms with E-state index in [1.165, 1.54) is 24.8 Å². The maximum absolute atomic E-state index is 6.09. The Bertz CT molecular complexity index is 667. The highest BCUT2D eigenvalue weighted by molar-refractivity contribution is 5.54. The molecule has 21 heavy (non-hydrogen) atoms. The standard InChI is InChI=1S/C17H21N3O/c1-11-9-16(12(2)8-14(11)18)21-17-13-6-4-3-5-7-15(13)19-10-20-17/h8-10H,3-7,18H2,1-2H3. The van der Waals surface area contributed by atoms with Crippen LogP contribution in [0.4, 0.5) is 5.69 Å². The van der Waals surface area contributed by atoms with Crippen LogP contribution >= 0.6 is 0 Å². The van der Waals surface area contributed by atoms with Crippen molar-refractivity contribution >= 4 is 5.69 Å². The summed E-state index contributed by atoms with van der Waals surface area (Å²) in [5.74, 6) is 1.53. The van der Waals surface area contributed by atoms with E-state index < -0.39 is 0 Å². The van der Waals surface area contributed by atoms with E-state index in [0.29, 0.717) is 5.88 Å². The van der Waals surface area contributed by atoms with E-state index in [-0.39, 0.29) is 0 Å². The average molecular weight is 283 g/mol. The van der Waals surface area contributed by atoms with Gasteiger partial charge in [-0.1, -0.05) is 6.42 Å². The van der Waals surface area contributed by atoms with Crippen LogP contribution in [0.5, 0.6) is 11.6 Å². The molecule has 1 aromatic carbocycles. The zero-order valence-corrected chi connectivity index (χ0v) is 12.6. The molecule has 0 spiro atoms. The summed E-state index contributed by atoms with van der Waals surface area (Å²) in [6.45, 7) is 3.99. The van der Waals surface area contributed by atoms with Gasteiger partial charge in [0.25, 0.3) is 0 Å². The van der Waals surface area contributed by atoms with Crippen molar-refractivity contribution in [3.8, 4) is 11.6 Å². The molecule has 3 rings (SSSR count). The molecule has 1 aromatic heterocycles. The van der Waals surface area contributed by atoms with Crippen LogP contribution in [-0.4, -0.2) is 9.97 Å². The Labute approximate surface area is 125 Å². The topological polar surface area (TPSA) is 61.0 Å². The molecule has 110 valence electrons. The minimum atomic E-state index is 0.703. The van der Waals surface area contributed by atoms with Gasteiger partial charge in [-0.25, -0.2) is 9.97 Å². The molecular formula is C17H21N3O. The van der Waals surface area contributed by atoms with Crippen molar-refractivity contribution in [2.75, 3.05) is 5.73 Å². The maximum atomic E-state index is 6.09. The fourth-order valence-electron chi connectivity index (χ4n) is 2.78. The van der Waals surface area contributed by atoms with Crippen molar-refractivity contribution in [3.63, 3.8) is 0 Å². The predicted molar refractivity (Wildman–Crippen MR) is 83.7 cm³/mol. The molecule has 2 N–H and O–H groups in total. The van der Waals surface area contributed by atoms with Crippen molar-refractivity contribution in [1.29, 1.82) is 0 Å². The van der Waals surface area contributed by atoms with Gasteiger partial charge in [-0.15, -0.1) is 0 Å². The van der Waals surface area contributed by atoms with Crippen LogP contribution in [0.3, 0.4) is 0 Å². The number of anilines is 1. The molecule has 1 aliphatic carbocycles. The number of hydrogen-bond donors (Lipinski definition) is 1. The summed E-state index contributed by atoms with van der Waals surface area (Å²) in [5.41, 5.74) is 11.1. The summed E-state index contributed by atoms with van der Waals surface area (Å²) in [6, 6.07) is 3.93. The molecule has 0 atom stereocenters. The van der Waals surface area contributed by atoms with E-state index in [1.807, 2.05) is 26.0 Å². The van der Waals surface area contributed by atoms with E-state index in [4.69, 9.17) is 10.5 Å². The number of ether oxygens (including phenoxy) is 1. The summed E-state index contributed by atoms with van der Waals surface area (Å²) < 4.78 is 6.09. The molecular weight excluding hydrogens is 262 g/mol. The number of nitrogens with zero attached hydrogens (tertiary/aromatic N) is 2. The fraction of sp³-hybridized carbons (Fsp3) is 0.412. The first-order valence-electron chi connectivity index (χ1n) is 7.52. The van der Waals surface area contributed by atoms with Crippen LogP contribution in [0.25, 0.3) is 0 Å². The Morgan fingerprint density at radius 3 is 2.67 bits per heavy atom. The van der Waals surface area contributed by atoms with Crippen molar-refractivity contribution < 1.29 is 4.74 Å². The summed E-state index contributed by atoms with van der Waals surface area (Å²) >= 11 is 0. The molecule has 2 aromatic rings. The largest absolute Gasteiger partial charge is 0.438 e. The first-order valence-corrected chi connectivity index (χ1v) is 7.52. The Morgan fingerprint density at radius 1 is 1.00 bits per heavy atom. The third kappa shape index (κ3) is 2.84. The van der Waals surface area contributed by atoms with Crippen molar-refractivity contribution in [2.45, 2.75) is 46.0 Å². The van der Waals surface area contributed by atoms with Gasteiger partial charge in [0.1, 0.15) is 12.1 Å². The number of hydrogen-bond acceptors (Lipinski definition) is 4. The van der Waals surface area contributed by atoms with Gasteiger partial charge in [-0.3, -0.25) is 0 Å². The number of rotatable bonds is 2. The minimum Gasteiger partial charge on any atom is -0.438 e. The molecule has 4 heteroatoms. The van der Waals surface area contributed by atoms with Gasteiger partial charge in [0.05, 0.1) is 5.69 Å². The van der Waals surface area contributed by atoms with Crippen LogP contribution < -0.4 is 10.5 Å². The monoisotopic (exact) mass is 283 g/mol. The van der Waals surface area contributed by atoms with E-state index >= 15 is 0 Å². The normalized spacial score (nSPS) is 14.4. The zero-order chi connectivity index (χ0) is 14.8. The first kappa shape index (κ1) is 13.9. The summed E-state index contributed by atoms with van der Waals surface area (Å²) in [5, 5.41) is 0. The highest BCUT2D eigenvalue weighted by Gasteiger charge is 2.16. The number of aryl methyl sites for hydroxylation is 3. The molecule has 4 nitrogen and oxygen atoms in total. The van der Waals surface area contributed by atoms with Gasteiger partial charge in [0.2, 0.25) is 5.88 Å². The van der Waals surface area contributed by atoms with Crippen molar-refractivity contribution in [2.24, 2.45) is 0 Å². The highest BCUT2D eigenvalue weighted by atomic mass is 16.5. The Hall–Kier alpha value is -2.10. The zero-order valence-electron chi connectivity index (χ0n) is 12.6. The number of fused-ring (bicyclic) bond motifs is 1. The summed E-state index contributed by atoms with van der Waals surface area (Å²) in [7, 11) is 0. The molecule has 1 heterocycles. The van der Waals surface area contributed by atoms with Gasteiger partial charge in [0, 0.05) is 11.3 Å². The molecule has 0 bridgehead atoms. The van der Waals surface area contributed by atoms with Gasteiger partial charge in [-0.05, 0) is 62.8 Å². The molecule has 1 aliphatic rings. The lowest BCUT2D eigenvalue weighted by molar-refractivity contribution is 0.449. The van der Waals surface area contributed by atoms with E-state index in [0.717, 1.165) is 41.1 Å². The number of benzene rings is 1. The van der Waals surface area contributed by atoms with Crippen molar-refractivity contribution in [3.05, 3.63) is 40.8 Å². The van der Waals surface area contributed by atoms with Gasteiger partial charge in [-0.2, -0.15) is 0 Å². The Kier molecular flexibility index (Phi) is 3.78. The van der Waals surface area contributed by atoms with E-state index in [1.54, 1.807) is 6.33 Å². The molecule has 0 aliphatic heterocycles. The highest BCUT2D eigenvalue weighted by Crippen LogP contribution is 2.32. The van der Waals surface area contributed by atoms with Crippen molar-refractivity contribution in [1.82, 2.24) is 9.97 Å². The maximum Gasteiger partial charge on any atom is 0.225 e. The van der Waals surface area contributed by atoms with Gasteiger partial charge < -0.3 is 10.5 Å². The SMILES string of the molecule is Cc1cc(Oc2ncnc3c2CCCCC3)c(C)cc1N. The quantitative estimate of drug-likeness (QED) is 0.673. The fourth-order valence-corrected chi connectivity index (χ4v) is 2.78. The molecule has 0 fully saturated rings. The van der Waals surface area contributed by atoms with Crippen LogP contribution in [0.1, 0.15) is 41.6 Å². The number of nitrogens with two attached hydrogens (primary N) is 1. The number of nitrogen functional groups attached to an aromatic ring is 1. The molecule has 0 saturated carbocycles. The van der Waals surface area contributed by atoms with Crippen LogP contribution in [0.2, 0.25) is 0 Å². The Morgan fingerprint density at radius 2 is 1.81 bits per heavy atom. The second-order valence-electron chi connectivity index (χ2n) is 5.74. The molecule has 0 radical (unpaired) electrons. The van der Waals surface area contributed by atoms with Crippen LogP contribution in [0.15, 0.2) is 18.5 Å². The molecule has 0 saturated heterocycles. The lowest BCUT2D eigenvalue weighted by atomic mass is 10.1.